The Balaban J connectivity index is 2.16. The largest absolute Gasteiger partial charge is 0.494 e. The fourth-order valence-electron chi connectivity index (χ4n) is 1.33. The van der Waals surface area contributed by atoms with E-state index in [2.05, 4.69) is 0 Å². The van der Waals surface area contributed by atoms with E-state index >= 15 is 0 Å². The Morgan fingerprint density at radius 1 is 0.950 bits per heavy atom. The lowest BCUT2D eigenvalue weighted by Gasteiger charge is -2.08. The average Bonchev–Trinajstić information content (AvgIpc) is 2.40. The molecule has 0 bridgehead atoms. The van der Waals surface area contributed by atoms with Crippen LogP contribution in [0, 0.1) is 0 Å². The molecule has 0 unspecified atom stereocenters. The van der Waals surface area contributed by atoms with Crippen molar-refractivity contribution in [1.82, 2.24) is 0 Å². The highest BCUT2D eigenvalue weighted by atomic mass is 35.7. The van der Waals surface area contributed by atoms with Crippen molar-refractivity contribution < 1.29 is 22.6 Å². The van der Waals surface area contributed by atoms with Crippen molar-refractivity contribution in [2.24, 2.45) is 0 Å². The van der Waals surface area contributed by atoms with Crippen molar-refractivity contribution in [2.45, 2.75) is 13.3 Å². The summed E-state index contributed by atoms with van der Waals surface area (Å²) in [7, 11) is 1.56. The van der Waals surface area contributed by atoms with Gasteiger partial charge in [-0.3, -0.25) is 0 Å². The summed E-state index contributed by atoms with van der Waals surface area (Å²) in [4.78, 5) is 0. The molecule has 0 heterocycles. The fourth-order valence-corrected chi connectivity index (χ4v) is 1.84. The highest BCUT2D eigenvalue weighted by molar-refractivity contribution is 8.13. The van der Waals surface area contributed by atoms with Crippen LogP contribution < -0.4 is 9.47 Å². The summed E-state index contributed by atoms with van der Waals surface area (Å²) >= 11 is 0. The monoisotopic (exact) mass is 322 g/mol. The second kappa shape index (κ2) is 9.05. The molecule has 0 saturated heterocycles. The van der Waals surface area contributed by atoms with Crippen LogP contribution in [0.5, 0.6) is 11.5 Å². The predicted molar refractivity (Wildman–Crippen MR) is 78.2 cm³/mol. The Kier molecular flexibility index (Phi) is 7.72. The number of hydrogen-bond acceptors (Lipinski definition) is 5. The summed E-state index contributed by atoms with van der Waals surface area (Å²) in [6, 6.07) is 7.31. The van der Waals surface area contributed by atoms with Crippen LogP contribution in [-0.2, 0) is 13.8 Å². The van der Waals surface area contributed by atoms with Crippen molar-refractivity contribution in [1.29, 1.82) is 0 Å². The van der Waals surface area contributed by atoms with Crippen LogP contribution in [0.1, 0.15) is 13.3 Å². The molecule has 0 aliphatic rings. The third kappa shape index (κ3) is 8.24. The molecule has 5 nitrogen and oxygen atoms in total. The van der Waals surface area contributed by atoms with Crippen LogP contribution in [0.4, 0.5) is 0 Å². The SMILES string of the molecule is CCCOc1ccc(OCCOCCS(=O)(=O)Cl)cc1. The first kappa shape index (κ1) is 17.1. The third-order valence-electron chi connectivity index (χ3n) is 2.26. The van der Waals surface area contributed by atoms with Crippen molar-refractivity contribution >= 4 is 19.7 Å². The second-order valence-electron chi connectivity index (χ2n) is 4.02. The van der Waals surface area contributed by atoms with E-state index < -0.39 is 9.05 Å². The molecule has 0 aromatic heterocycles. The zero-order valence-corrected chi connectivity index (χ0v) is 13.0. The zero-order valence-electron chi connectivity index (χ0n) is 11.4. The van der Waals surface area contributed by atoms with Gasteiger partial charge in [-0.1, -0.05) is 6.92 Å². The number of halogens is 1. The van der Waals surface area contributed by atoms with E-state index in [9.17, 15) is 8.42 Å². The first-order valence-electron chi connectivity index (χ1n) is 6.37. The fraction of sp³-hybridized carbons (Fsp3) is 0.538. The molecule has 0 fully saturated rings. The number of rotatable bonds is 10. The van der Waals surface area contributed by atoms with Crippen LogP contribution in [0.3, 0.4) is 0 Å². The Morgan fingerprint density at radius 2 is 1.50 bits per heavy atom. The van der Waals surface area contributed by atoms with Crippen LogP contribution in [0.25, 0.3) is 0 Å². The van der Waals surface area contributed by atoms with Gasteiger partial charge in [-0.2, -0.15) is 0 Å². The molecule has 0 N–H and O–H groups in total. The molecule has 7 heteroatoms. The molecule has 0 saturated carbocycles. The van der Waals surface area contributed by atoms with Crippen molar-refractivity contribution in [3.8, 4) is 11.5 Å². The lowest BCUT2D eigenvalue weighted by molar-refractivity contribution is 0.111. The summed E-state index contributed by atoms with van der Waals surface area (Å²) in [6.07, 6.45) is 0.966. The number of hydrogen-bond donors (Lipinski definition) is 0. The topological polar surface area (TPSA) is 61.8 Å². The lowest BCUT2D eigenvalue weighted by atomic mass is 10.3. The minimum atomic E-state index is -3.48. The van der Waals surface area contributed by atoms with Gasteiger partial charge in [-0.25, -0.2) is 8.42 Å². The summed E-state index contributed by atoms with van der Waals surface area (Å²) < 4.78 is 37.2. The van der Waals surface area contributed by atoms with E-state index in [1.165, 1.54) is 0 Å². The normalized spacial score (nSPS) is 11.3. The molecule has 20 heavy (non-hydrogen) atoms. The number of benzene rings is 1. The van der Waals surface area contributed by atoms with Crippen molar-refractivity contribution in [3.63, 3.8) is 0 Å². The van der Waals surface area contributed by atoms with Gasteiger partial charge in [0, 0.05) is 10.7 Å². The van der Waals surface area contributed by atoms with Gasteiger partial charge in [0.15, 0.2) is 0 Å². The smallest absolute Gasteiger partial charge is 0.234 e. The van der Waals surface area contributed by atoms with Crippen molar-refractivity contribution in [3.05, 3.63) is 24.3 Å². The van der Waals surface area contributed by atoms with E-state index in [1.54, 1.807) is 0 Å². The van der Waals surface area contributed by atoms with Crippen LogP contribution in [-0.4, -0.2) is 40.6 Å². The zero-order chi connectivity index (χ0) is 14.8. The Hall–Kier alpha value is -0.980. The summed E-state index contributed by atoms with van der Waals surface area (Å²) in [5.41, 5.74) is 0. The molecule has 0 atom stereocenters. The Morgan fingerprint density at radius 3 is 2.00 bits per heavy atom. The van der Waals surface area contributed by atoms with Crippen LogP contribution in [0.15, 0.2) is 24.3 Å². The van der Waals surface area contributed by atoms with E-state index in [0.29, 0.717) is 25.6 Å². The molecule has 0 aliphatic heterocycles. The van der Waals surface area contributed by atoms with Gasteiger partial charge in [0.1, 0.15) is 18.1 Å². The van der Waals surface area contributed by atoms with Crippen LogP contribution in [0.2, 0.25) is 0 Å². The molecule has 0 spiro atoms. The molecule has 1 aromatic carbocycles. The predicted octanol–water partition coefficient (Wildman–Crippen LogP) is 2.44. The maximum atomic E-state index is 10.6. The maximum absolute atomic E-state index is 10.6. The molecule has 0 aliphatic carbocycles. The molecule has 114 valence electrons. The summed E-state index contributed by atoms with van der Waals surface area (Å²) in [5, 5.41) is 0. The van der Waals surface area contributed by atoms with E-state index in [4.69, 9.17) is 24.9 Å². The Bertz CT molecular complexity index is 472. The minimum absolute atomic E-state index is 0.0684. The first-order chi connectivity index (χ1) is 9.51. The number of ether oxygens (including phenoxy) is 3. The second-order valence-corrected chi connectivity index (χ2v) is 6.92. The van der Waals surface area contributed by atoms with Gasteiger partial charge < -0.3 is 14.2 Å². The first-order valence-corrected chi connectivity index (χ1v) is 8.85. The molecule has 1 aromatic rings. The molecular formula is C13H19ClO5S. The molecule has 0 radical (unpaired) electrons. The van der Waals surface area contributed by atoms with Gasteiger partial charge in [-0.15, -0.1) is 0 Å². The van der Waals surface area contributed by atoms with Crippen molar-refractivity contribution in [2.75, 3.05) is 32.2 Å². The molecule has 0 amide bonds. The third-order valence-corrected chi connectivity index (χ3v) is 3.38. The van der Waals surface area contributed by atoms with Gasteiger partial charge in [0.05, 0.1) is 25.6 Å². The minimum Gasteiger partial charge on any atom is -0.494 e. The highest BCUT2D eigenvalue weighted by Gasteiger charge is 2.04. The van der Waals surface area contributed by atoms with Gasteiger partial charge in [-0.05, 0) is 30.7 Å². The van der Waals surface area contributed by atoms with Gasteiger partial charge in [0.25, 0.3) is 0 Å². The average molecular weight is 323 g/mol. The van der Waals surface area contributed by atoms with Gasteiger partial charge in [0.2, 0.25) is 9.05 Å². The standard InChI is InChI=1S/C13H19ClO5S/c1-2-7-18-12-3-5-13(6-4-12)19-9-8-17-10-11-20(14,15)16/h3-6H,2,7-11H2,1H3. The van der Waals surface area contributed by atoms with Gasteiger partial charge >= 0.3 is 0 Å². The van der Waals surface area contributed by atoms with E-state index in [0.717, 1.165) is 12.2 Å². The summed E-state index contributed by atoms with van der Waals surface area (Å²) in [5.74, 6) is 1.32. The van der Waals surface area contributed by atoms with E-state index in [-0.39, 0.29) is 12.4 Å². The van der Waals surface area contributed by atoms with E-state index in [1.807, 2.05) is 31.2 Å². The highest BCUT2D eigenvalue weighted by Crippen LogP contribution is 2.17. The van der Waals surface area contributed by atoms with Crippen LogP contribution >= 0.6 is 10.7 Å². The quantitative estimate of drug-likeness (QED) is 0.489. The lowest BCUT2D eigenvalue weighted by Crippen LogP contribution is -2.11. The molecular weight excluding hydrogens is 304 g/mol. The molecule has 1 rings (SSSR count). The summed E-state index contributed by atoms with van der Waals surface area (Å²) in [6.45, 7) is 3.46. The Labute approximate surface area is 124 Å². The maximum Gasteiger partial charge on any atom is 0.234 e.